The van der Waals surface area contributed by atoms with Crippen LogP contribution in [0.15, 0.2) is 65.6 Å². The van der Waals surface area contributed by atoms with Gasteiger partial charge in [0.05, 0.1) is 28.2 Å². The molecular weight excluding hydrogens is 455 g/mol. The molecule has 0 saturated carbocycles. The minimum Gasteiger partial charge on any atom is -0.327 e. The van der Waals surface area contributed by atoms with Crippen LogP contribution >= 0.6 is 11.8 Å². The molecule has 1 aromatic heterocycles. The zero-order valence-electron chi connectivity index (χ0n) is 19.4. The highest BCUT2D eigenvalue weighted by Crippen LogP contribution is 2.37. The quantitative estimate of drug-likeness (QED) is 0.281. The van der Waals surface area contributed by atoms with E-state index >= 15 is 0 Å². The van der Waals surface area contributed by atoms with E-state index in [9.17, 15) is 18.4 Å². The minimum absolute atomic E-state index is 0.0815. The SMILES string of the molecule is Cn1c(-c2cc(C#N)ccc2SCc2ccc(C(C)(C)C)cc2)nc2cc(C(F)(F)F)ccc21. The zero-order valence-corrected chi connectivity index (χ0v) is 20.2. The van der Waals surface area contributed by atoms with Crippen molar-refractivity contribution in [3.05, 3.63) is 82.9 Å². The Balaban J connectivity index is 1.70. The molecule has 0 aliphatic heterocycles. The summed E-state index contributed by atoms with van der Waals surface area (Å²) in [7, 11) is 1.77. The van der Waals surface area contributed by atoms with Crippen LogP contribution in [-0.4, -0.2) is 9.55 Å². The molecule has 0 N–H and O–H groups in total. The molecule has 4 rings (SSSR count). The fraction of sp³-hybridized carbons (Fsp3) is 0.259. The van der Waals surface area contributed by atoms with Gasteiger partial charge in [0, 0.05) is 23.3 Å². The first-order valence-corrected chi connectivity index (χ1v) is 11.8. The second-order valence-corrected chi connectivity index (χ2v) is 10.3. The van der Waals surface area contributed by atoms with Crippen LogP contribution in [0.5, 0.6) is 0 Å². The lowest BCUT2D eigenvalue weighted by atomic mass is 9.87. The van der Waals surface area contributed by atoms with Gasteiger partial charge in [-0.05, 0) is 52.9 Å². The summed E-state index contributed by atoms with van der Waals surface area (Å²) in [5, 5.41) is 9.43. The number of benzene rings is 3. The van der Waals surface area contributed by atoms with E-state index < -0.39 is 11.7 Å². The van der Waals surface area contributed by atoms with Gasteiger partial charge in [-0.3, -0.25) is 0 Å². The number of halogens is 3. The van der Waals surface area contributed by atoms with Gasteiger partial charge in [0.1, 0.15) is 5.82 Å². The number of nitrogens with zero attached hydrogens (tertiary/aromatic N) is 3. The lowest BCUT2D eigenvalue weighted by Gasteiger charge is -2.19. The van der Waals surface area contributed by atoms with Gasteiger partial charge in [0.25, 0.3) is 0 Å². The van der Waals surface area contributed by atoms with E-state index in [2.05, 4.69) is 56.1 Å². The van der Waals surface area contributed by atoms with Gasteiger partial charge in [-0.2, -0.15) is 18.4 Å². The van der Waals surface area contributed by atoms with Crippen molar-refractivity contribution >= 4 is 22.8 Å². The van der Waals surface area contributed by atoms with Crippen molar-refractivity contribution in [2.45, 2.75) is 43.0 Å². The Bertz CT molecular complexity index is 1390. The lowest BCUT2D eigenvalue weighted by molar-refractivity contribution is -0.137. The van der Waals surface area contributed by atoms with Crippen molar-refractivity contribution in [1.29, 1.82) is 5.26 Å². The van der Waals surface area contributed by atoms with E-state index in [0.717, 1.165) is 28.2 Å². The number of fused-ring (bicyclic) bond motifs is 1. The predicted molar refractivity (Wildman–Crippen MR) is 131 cm³/mol. The number of rotatable bonds is 4. The Labute approximate surface area is 201 Å². The van der Waals surface area contributed by atoms with Crippen LogP contribution in [0, 0.1) is 11.3 Å². The molecule has 0 fully saturated rings. The molecule has 4 aromatic rings. The van der Waals surface area contributed by atoms with E-state index in [1.54, 1.807) is 35.5 Å². The third kappa shape index (κ3) is 4.83. The molecule has 0 spiro atoms. The average Bonchev–Trinajstić information content (AvgIpc) is 3.12. The summed E-state index contributed by atoms with van der Waals surface area (Å²) < 4.78 is 41.3. The highest BCUT2D eigenvalue weighted by Gasteiger charge is 2.31. The normalized spacial score (nSPS) is 12.2. The third-order valence-electron chi connectivity index (χ3n) is 5.77. The second kappa shape index (κ2) is 8.84. The maximum atomic E-state index is 13.2. The highest BCUT2D eigenvalue weighted by molar-refractivity contribution is 7.98. The monoisotopic (exact) mass is 479 g/mol. The predicted octanol–water partition coefficient (Wildman–Crippen LogP) is 7.72. The fourth-order valence-corrected chi connectivity index (χ4v) is 4.76. The van der Waals surface area contributed by atoms with Crippen LogP contribution in [0.3, 0.4) is 0 Å². The van der Waals surface area contributed by atoms with Gasteiger partial charge in [-0.15, -0.1) is 11.8 Å². The maximum Gasteiger partial charge on any atom is 0.416 e. The fourth-order valence-electron chi connectivity index (χ4n) is 3.78. The van der Waals surface area contributed by atoms with Gasteiger partial charge < -0.3 is 4.57 Å². The Hall–Kier alpha value is -3.24. The number of nitriles is 1. The van der Waals surface area contributed by atoms with Crippen molar-refractivity contribution < 1.29 is 13.2 Å². The molecule has 0 bridgehead atoms. The van der Waals surface area contributed by atoms with Crippen molar-refractivity contribution in [2.75, 3.05) is 0 Å². The van der Waals surface area contributed by atoms with Crippen molar-refractivity contribution in [1.82, 2.24) is 9.55 Å². The van der Waals surface area contributed by atoms with Crippen LogP contribution < -0.4 is 0 Å². The Morgan fingerprint density at radius 1 is 0.941 bits per heavy atom. The van der Waals surface area contributed by atoms with Gasteiger partial charge in [0.2, 0.25) is 0 Å². The largest absolute Gasteiger partial charge is 0.416 e. The first-order chi connectivity index (χ1) is 16.0. The van der Waals surface area contributed by atoms with Crippen molar-refractivity contribution in [3.8, 4) is 17.5 Å². The van der Waals surface area contributed by atoms with Crippen LogP contribution in [0.25, 0.3) is 22.4 Å². The first-order valence-electron chi connectivity index (χ1n) is 10.8. The average molecular weight is 480 g/mol. The molecule has 3 aromatic carbocycles. The summed E-state index contributed by atoms with van der Waals surface area (Å²) in [5.74, 6) is 1.24. The van der Waals surface area contributed by atoms with Crippen LogP contribution in [0.2, 0.25) is 0 Å². The lowest BCUT2D eigenvalue weighted by Crippen LogP contribution is -2.10. The van der Waals surface area contributed by atoms with Crippen LogP contribution in [0.1, 0.15) is 43.0 Å². The van der Waals surface area contributed by atoms with Crippen molar-refractivity contribution in [2.24, 2.45) is 7.05 Å². The summed E-state index contributed by atoms with van der Waals surface area (Å²) in [5.41, 5.74) is 3.83. The molecule has 1 heterocycles. The zero-order chi connectivity index (χ0) is 24.7. The first kappa shape index (κ1) is 23.9. The number of aromatic nitrogens is 2. The third-order valence-corrected chi connectivity index (χ3v) is 6.92. The number of thioether (sulfide) groups is 1. The molecular formula is C27H24F3N3S. The second-order valence-electron chi connectivity index (χ2n) is 9.25. The number of hydrogen-bond acceptors (Lipinski definition) is 3. The number of aryl methyl sites for hydroxylation is 1. The molecule has 0 amide bonds. The smallest absolute Gasteiger partial charge is 0.327 e. The molecule has 7 heteroatoms. The number of alkyl halides is 3. The van der Waals surface area contributed by atoms with E-state index in [0.29, 0.717) is 22.7 Å². The van der Waals surface area contributed by atoms with E-state index in [1.807, 2.05) is 6.07 Å². The standard InChI is InChI=1S/C27H24F3N3S/c1-26(2,3)19-8-5-17(6-9-19)16-34-24-12-7-18(15-31)13-21(24)25-32-22-14-20(27(28,29)30)10-11-23(22)33(25)4/h5-14H,16H2,1-4H3. The number of imidazole rings is 1. The number of hydrogen-bond donors (Lipinski definition) is 0. The summed E-state index contributed by atoms with van der Waals surface area (Å²) in [6.45, 7) is 6.52. The van der Waals surface area contributed by atoms with Gasteiger partial charge >= 0.3 is 6.18 Å². The van der Waals surface area contributed by atoms with Crippen molar-refractivity contribution in [3.63, 3.8) is 0 Å². The molecule has 0 saturated heterocycles. The van der Waals surface area contributed by atoms with Crippen LogP contribution in [-0.2, 0) is 24.4 Å². The molecule has 3 nitrogen and oxygen atoms in total. The molecule has 0 radical (unpaired) electrons. The summed E-state index contributed by atoms with van der Waals surface area (Å²) in [6, 6.07) is 19.6. The summed E-state index contributed by atoms with van der Waals surface area (Å²) in [4.78, 5) is 5.44. The van der Waals surface area contributed by atoms with E-state index in [1.165, 1.54) is 11.6 Å². The molecule has 34 heavy (non-hydrogen) atoms. The molecule has 0 aliphatic carbocycles. The summed E-state index contributed by atoms with van der Waals surface area (Å²) >= 11 is 1.61. The summed E-state index contributed by atoms with van der Waals surface area (Å²) in [6.07, 6.45) is -4.43. The van der Waals surface area contributed by atoms with Gasteiger partial charge in [0.15, 0.2) is 0 Å². The van der Waals surface area contributed by atoms with Gasteiger partial charge in [-0.25, -0.2) is 4.98 Å². The van der Waals surface area contributed by atoms with E-state index in [4.69, 9.17) is 0 Å². The Kier molecular flexibility index (Phi) is 6.22. The molecule has 0 atom stereocenters. The Morgan fingerprint density at radius 3 is 2.24 bits per heavy atom. The maximum absolute atomic E-state index is 13.2. The van der Waals surface area contributed by atoms with E-state index in [-0.39, 0.29) is 10.9 Å². The Morgan fingerprint density at radius 2 is 1.62 bits per heavy atom. The molecule has 174 valence electrons. The van der Waals surface area contributed by atoms with Crippen LogP contribution in [0.4, 0.5) is 13.2 Å². The van der Waals surface area contributed by atoms with Gasteiger partial charge in [-0.1, -0.05) is 45.0 Å². The topological polar surface area (TPSA) is 41.6 Å². The molecule has 0 unspecified atom stereocenters. The highest BCUT2D eigenvalue weighted by atomic mass is 32.2. The molecule has 0 aliphatic rings. The minimum atomic E-state index is -4.43.